The van der Waals surface area contributed by atoms with Gasteiger partial charge >= 0.3 is 11.8 Å². The van der Waals surface area contributed by atoms with Gasteiger partial charge in [0.1, 0.15) is 11.6 Å². The van der Waals surface area contributed by atoms with Crippen LogP contribution >= 0.6 is 15.9 Å². The van der Waals surface area contributed by atoms with E-state index in [1.165, 1.54) is 12.1 Å². The SMILES string of the molecule is CCOc1ccc(CNC(=O)C(=O)Nc2ccc(Br)cc2F)cc1. The predicted molar refractivity (Wildman–Crippen MR) is 92.2 cm³/mol. The van der Waals surface area contributed by atoms with Gasteiger partial charge in [0.25, 0.3) is 0 Å². The molecule has 0 aromatic heterocycles. The highest BCUT2D eigenvalue weighted by Gasteiger charge is 2.15. The summed E-state index contributed by atoms with van der Waals surface area (Å²) in [6.07, 6.45) is 0. The molecule has 0 fully saturated rings. The molecule has 0 spiro atoms. The van der Waals surface area contributed by atoms with Gasteiger partial charge in [0, 0.05) is 11.0 Å². The summed E-state index contributed by atoms with van der Waals surface area (Å²) in [4.78, 5) is 23.6. The van der Waals surface area contributed by atoms with E-state index in [-0.39, 0.29) is 12.2 Å². The van der Waals surface area contributed by atoms with Crippen LogP contribution in [0.15, 0.2) is 46.9 Å². The Labute approximate surface area is 147 Å². The number of anilines is 1. The van der Waals surface area contributed by atoms with E-state index in [1.807, 2.05) is 6.92 Å². The topological polar surface area (TPSA) is 67.4 Å². The Morgan fingerprint density at radius 2 is 1.83 bits per heavy atom. The molecule has 0 unspecified atom stereocenters. The average molecular weight is 395 g/mol. The molecule has 0 saturated carbocycles. The Morgan fingerprint density at radius 1 is 1.12 bits per heavy atom. The molecule has 126 valence electrons. The number of nitrogens with one attached hydrogen (secondary N) is 2. The third-order valence-electron chi connectivity index (χ3n) is 3.07. The lowest BCUT2D eigenvalue weighted by Gasteiger charge is -2.08. The van der Waals surface area contributed by atoms with E-state index in [0.717, 1.165) is 11.3 Å². The van der Waals surface area contributed by atoms with Crippen molar-refractivity contribution in [2.75, 3.05) is 11.9 Å². The van der Waals surface area contributed by atoms with Gasteiger partial charge in [-0.15, -0.1) is 0 Å². The molecule has 0 saturated heterocycles. The van der Waals surface area contributed by atoms with Gasteiger partial charge in [-0.25, -0.2) is 4.39 Å². The largest absolute Gasteiger partial charge is 0.494 e. The molecule has 24 heavy (non-hydrogen) atoms. The van der Waals surface area contributed by atoms with E-state index in [9.17, 15) is 14.0 Å². The normalized spacial score (nSPS) is 10.1. The summed E-state index contributed by atoms with van der Waals surface area (Å²) in [6, 6.07) is 11.3. The lowest BCUT2D eigenvalue weighted by molar-refractivity contribution is -0.136. The number of benzene rings is 2. The van der Waals surface area contributed by atoms with Crippen LogP contribution in [0.5, 0.6) is 5.75 Å². The molecule has 0 atom stereocenters. The number of carbonyl (C=O) groups excluding carboxylic acids is 2. The molecule has 0 radical (unpaired) electrons. The highest BCUT2D eigenvalue weighted by molar-refractivity contribution is 9.10. The van der Waals surface area contributed by atoms with Crippen LogP contribution in [-0.2, 0) is 16.1 Å². The molecule has 2 N–H and O–H groups in total. The highest BCUT2D eigenvalue weighted by atomic mass is 79.9. The molecule has 0 bridgehead atoms. The first-order valence-corrected chi connectivity index (χ1v) is 8.05. The van der Waals surface area contributed by atoms with Gasteiger partial charge in [0.15, 0.2) is 0 Å². The maximum Gasteiger partial charge on any atom is 0.313 e. The van der Waals surface area contributed by atoms with Crippen LogP contribution in [0.4, 0.5) is 10.1 Å². The second-order valence-corrected chi connectivity index (χ2v) is 5.75. The van der Waals surface area contributed by atoms with Crippen molar-refractivity contribution in [1.29, 1.82) is 0 Å². The molecular formula is C17H16BrFN2O3. The zero-order valence-corrected chi connectivity index (χ0v) is 14.5. The minimum atomic E-state index is -0.929. The highest BCUT2D eigenvalue weighted by Crippen LogP contribution is 2.19. The molecule has 5 nitrogen and oxygen atoms in total. The molecule has 2 rings (SSSR count). The van der Waals surface area contributed by atoms with Gasteiger partial charge < -0.3 is 15.4 Å². The van der Waals surface area contributed by atoms with Crippen molar-refractivity contribution in [3.05, 3.63) is 58.3 Å². The summed E-state index contributed by atoms with van der Waals surface area (Å²) in [5, 5.41) is 4.71. The maximum absolute atomic E-state index is 13.6. The first-order valence-electron chi connectivity index (χ1n) is 7.25. The molecule has 0 aliphatic carbocycles. The first kappa shape index (κ1) is 17.9. The minimum absolute atomic E-state index is 0.0561. The van der Waals surface area contributed by atoms with Crippen molar-refractivity contribution in [1.82, 2.24) is 5.32 Å². The van der Waals surface area contributed by atoms with Gasteiger partial charge in [-0.1, -0.05) is 28.1 Å². The smallest absolute Gasteiger partial charge is 0.313 e. The molecule has 0 heterocycles. The van der Waals surface area contributed by atoms with Crippen LogP contribution in [-0.4, -0.2) is 18.4 Å². The van der Waals surface area contributed by atoms with Gasteiger partial charge in [-0.05, 0) is 42.8 Å². The molecule has 7 heteroatoms. The lowest BCUT2D eigenvalue weighted by Crippen LogP contribution is -2.35. The van der Waals surface area contributed by atoms with E-state index in [4.69, 9.17) is 4.74 Å². The molecule has 2 aromatic rings. The summed E-state index contributed by atoms with van der Waals surface area (Å²) in [6.45, 7) is 2.64. The van der Waals surface area contributed by atoms with Gasteiger partial charge in [0.2, 0.25) is 0 Å². The fourth-order valence-corrected chi connectivity index (χ4v) is 2.24. The second kappa shape index (κ2) is 8.44. The molecular weight excluding hydrogens is 379 g/mol. The Morgan fingerprint density at radius 3 is 2.46 bits per heavy atom. The van der Waals surface area contributed by atoms with E-state index >= 15 is 0 Å². The Kier molecular flexibility index (Phi) is 6.31. The molecule has 0 aliphatic rings. The number of amides is 2. The van der Waals surface area contributed by atoms with E-state index in [1.54, 1.807) is 30.3 Å². The summed E-state index contributed by atoms with van der Waals surface area (Å²) < 4.78 is 19.5. The Hall–Kier alpha value is -2.41. The van der Waals surface area contributed by atoms with Gasteiger partial charge in [-0.3, -0.25) is 9.59 Å². The first-order chi connectivity index (χ1) is 11.5. The zero-order chi connectivity index (χ0) is 17.5. The van der Waals surface area contributed by atoms with E-state index in [0.29, 0.717) is 11.1 Å². The number of rotatable bonds is 5. The van der Waals surface area contributed by atoms with Crippen LogP contribution in [0.1, 0.15) is 12.5 Å². The molecule has 0 aliphatic heterocycles. The third kappa shape index (κ3) is 5.06. The minimum Gasteiger partial charge on any atom is -0.494 e. The van der Waals surface area contributed by atoms with Crippen LogP contribution in [0, 0.1) is 5.82 Å². The predicted octanol–water partition coefficient (Wildman–Crippen LogP) is 3.24. The lowest BCUT2D eigenvalue weighted by atomic mass is 10.2. The summed E-state index contributed by atoms with van der Waals surface area (Å²) in [7, 11) is 0. The van der Waals surface area contributed by atoms with Gasteiger partial charge in [0.05, 0.1) is 12.3 Å². The number of carbonyl (C=O) groups is 2. The van der Waals surface area contributed by atoms with Crippen LogP contribution in [0.3, 0.4) is 0 Å². The van der Waals surface area contributed by atoms with Crippen molar-refractivity contribution < 1.29 is 18.7 Å². The maximum atomic E-state index is 13.6. The van der Waals surface area contributed by atoms with Crippen LogP contribution < -0.4 is 15.4 Å². The van der Waals surface area contributed by atoms with E-state index in [2.05, 4.69) is 26.6 Å². The zero-order valence-electron chi connectivity index (χ0n) is 12.9. The van der Waals surface area contributed by atoms with Crippen LogP contribution in [0.2, 0.25) is 0 Å². The Bertz CT molecular complexity index is 735. The number of ether oxygens (including phenoxy) is 1. The average Bonchev–Trinajstić information content (AvgIpc) is 2.56. The van der Waals surface area contributed by atoms with Crippen molar-refractivity contribution in [3.8, 4) is 5.75 Å². The second-order valence-electron chi connectivity index (χ2n) is 4.84. The van der Waals surface area contributed by atoms with Gasteiger partial charge in [-0.2, -0.15) is 0 Å². The monoisotopic (exact) mass is 394 g/mol. The fourth-order valence-electron chi connectivity index (χ4n) is 1.90. The number of hydrogen-bond donors (Lipinski definition) is 2. The summed E-state index contributed by atoms with van der Waals surface area (Å²) in [5.74, 6) is -1.67. The van der Waals surface area contributed by atoms with Crippen molar-refractivity contribution in [2.45, 2.75) is 13.5 Å². The Balaban J connectivity index is 1.88. The number of hydrogen-bond acceptors (Lipinski definition) is 3. The molecule has 2 amide bonds. The summed E-state index contributed by atoms with van der Waals surface area (Å²) in [5.41, 5.74) is 0.758. The van der Waals surface area contributed by atoms with Crippen LogP contribution in [0.25, 0.3) is 0 Å². The van der Waals surface area contributed by atoms with Crippen molar-refractivity contribution in [2.24, 2.45) is 0 Å². The number of halogens is 2. The summed E-state index contributed by atoms with van der Waals surface area (Å²) >= 11 is 3.12. The standard InChI is InChI=1S/C17H16BrFN2O3/c1-2-24-13-6-3-11(4-7-13)10-20-16(22)17(23)21-15-8-5-12(18)9-14(15)19/h3-9H,2,10H2,1H3,(H,20,22)(H,21,23). The quantitative estimate of drug-likeness (QED) is 0.764. The fraction of sp³-hybridized carbons (Fsp3) is 0.176. The third-order valence-corrected chi connectivity index (χ3v) is 3.57. The molecule has 2 aromatic carbocycles. The van der Waals surface area contributed by atoms with E-state index < -0.39 is 17.6 Å². The van der Waals surface area contributed by atoms with Crippen molar-refractivity contribution in [3.63, 3.8) is 0 Å². The van der Waals surface area contributed by atoms with Crippen molar-refractivity contribution >= 4 is 33.4 Å².